The van der Waals surface area contributed by atoms with E-state index in [0.717, 1.165) is 28.7 Å². The van der Waals surface area contributed by atoms with Crippen LogP contribution in [0.4, 0.5) is 5.82 Å². The lowest BCUT2D eigenvalue weighted by Gasteiger charge is -2.36. The third kappa shape index (κ3) is 2.73. The van der Waals surface area contributed by atoms with Crippen molar-refractivity contribution in [1.29, 1.82) is 0 Å². The molecule has 0 saturated carbocycles. The molecule has 2 aromatic rings. The maximum atomic E-state index is 4.78. The largest absolute Gasteiger partial charge is 0.352 e. The van der Waals surface area contributed by atoms with Gasteiger partial charge in [0.1, 0.15) is 5.82 Å². The lowest BCUT2D eigenvalue weighted by atomic mass is 10.0. The number of fused-ring (bicyclic) bond motifs is 1. The lowest BCUT2D eigenvalue weighted by Crippen LogP contribution is -2.40. The van der Waals surface area contributed by atoms with Crippen LogP contribution >= 0.6 is 15.9 Å². The van der Waals surface area contributed by atoms with Crippen LogP contribution in [0.15, 0.2) is 30.5 Å². The third-order valence-corrected chi connectivity index (χ3v) is 4.26. The van der Waals surface area contributed by atoms with Gasteiger partial charge in [-0.25, -0.2) is 4.98 Å². The van der Waals surface area contributed by atoms with Crippen molar-refractivity contribution in [2.75, 3.05) is 16.8 Å². The molecule has 3 rings (SSSR count). The van der Waals surface area contributed by atoms with E-state index in [-0.39, 0.29) is 0 Å². The van der Waals surface area contributed by atoms with Crippen molar-refractivity contribution >= 4 is 32.8 Å². The van der Waals surface area contributed by atoms with Crippen LogP contribution in [0.25, 0.3) is 11.0 Å². The number of hydrogen-bond donors (Lipinski definition) is 0. The summed E-state index contributed by atoms with van der Waals surface area (Å²) in [5.74, 6) is 1.03. The number of alkyl halides is 1. The number of benzene rings is 1. The summed E-state index contributed by atoms with van der Waals surface area (Å²) in [7, 11) is 0. The highest BCUT2D eigenvalue weighted by molar-refractivity contribution is 9.09. The van der Waals surface area contributed by atoms with Gasteiger partial charge in [-0.3, -0.25) is 4.98 Å². The Morgan fingerprint density at radius 2 is 2.05 bits per heavy atom. The Labute approximate surface area is 122 Å². The zero-order valence-electron chi connectivity index (χ0n) is 10.9. The van der Waals surface area contributed by atoms with Crippen LogP contribution in [0.2, 0.25) is 0 Å². The quantitative estimate of drug-likeness (QED) is 0.806. The minimum atomic E-state index is 0.601. The first-order valence-corrected chi connectivity index (χ1v) is 8.05. The van der Waals surface area contributed by atoms with Gasteiger partial charge in [-0.2, -0.15) is 0 Å². The van der Waals surface area contributed by atoms with Gasteiger partial charge >= 0.3 is 0 Å². The molecular weight excluding hydrogens is 302 g/mol. The number of anilines is 1. The molecular formula is C15H18BrN3. The molecule has 2 heterocycles. The normalized spacial score (nSPS) is 19.8. The first-order chi connectivity index (χ1) is 9.38. The molecule has 100 valence electrons. The summed E-state index contributed by atoms with van der Waals surface area (Å²) >= 11 is 3.56. The molecule has 1 fully saturated rings. The highest BCUT2D eigenvalue weighted by Gasteiger charge is 2.23. The van der Waals surface area contributed by atoms with Crippen molar-refractivity contribution in [2.45, 2.75) is 31.7 Å². The van der Waals surface area contributed by atoms with Gasteiger partial charge in [-0.1, -0.05) is 28.1 Å². The van der Waals surface area contributed by atoms with E-state index in [1.807, 2.05) is 30.5 Å². The number of nitrogens with zero attached hydrogens (tertiary/aromatic N) is 3. The fourth-order valence-corrected chi connectivity index (χ4v) is 3.34. The molecule has 1 unspecified atom stereocenters. The first kappa shape index (κ1) is 12.9. The number of hydrogen-bond acceptors (Lipinski definition) is 3. The highest BCUT2D eigenvalue weighted by Crippen LogP contribution is 2.26. The Morgan fingerprint density at radius 3 is 2.89 bits per heavy atom. The minimum absolute atomic E-state index is 0.601. The van der Waals surface area contributed by atoms with Crippen LogP contribution in [0.5, 0.6) is 0 Å². The van der Waals surface area contributed by atoms with Crippen LogP contribution in [0.1, 0.15) is 25.7 Å². The SMILES string of the molecule is BrCCC1CCCCN1c1cnc2ccccc2n1. The number of halogens is 1. The lowest BCUT2D eigenvalue weighted by molar-refractivity contribution is 0.449. The van der Waals surface area contributed by atoms with E-state index in [2.05, 4.69) is 25.8 Å². The molecule has 0 aliphatic carbocycles. The van der Waals surface area contributed by atoms with Crippen molar-refractivity contribution in [2.24, 2.45) is 0 Å². The van der Waals surface area contributed by atoms with E-state index in [1.54, 1.807) is 0 Å². The summed E-state index contributed by atoms with van der Waals surface area (Å²) in [6.07, 6.45) is 6.95. The van der Waals surface area contributed by atoms with E-state index < -0.39 is 0 Å². The second-order valence-corrected chi connectivity index (χ2v) is 5.83. The molecule has 1 saturated heterocycles. The Balaban J connectivity index is 1.92. The fraction of sp³-hybridized carbons (Fsp3) is 0.467. The van der Waals surface area contributed by atoms with Gasteiger partial charge < -0.3 is 4.90 Å². The van der Waals surface area contributed by atoms with Gasteiger partial charge in [0.25, 0.3) is 0 Å². The molecule has 0 N–H and O–H groups in total. The number of rotatable bonds is 3. The Hall–Kier alpha value is -1.16. The molecule has 0 bridgehead atoms. The molecule has 1 atom stereocenters. The van der Waals surface area contributed by atoms with Gasteiger partial charge in [-0.05, 0) is 37.8 Å². The molecule has 1 aromatic carbocycles. The second-order valence-electron chi connectivity index (χ2n) is 5.04. The maximum absolute atomic E-state index is 4.78. The zero-order valence-corrected chi connectivity index (χ0v) is 12.5. The fourth-order valence-electron chi connectivity index (χ4n) is 2.81. The standard InChI is InChI=1S/C15H18BrN3/c16-9-8-12-5-3-4-10-19(12)15-11-17-13-6-1-2-7-14(13)18-15/h1-2,6-7,11-12H,3-5,8-10H2. The molecule has 0 amide bonds. The Kier molecular flexibility index (Phi) is 3.97. The number of para-hydroxylation sites is 2. The van der Waals surface area contributed by atoms with Crippen LogP contribution < -0.4 is 4.90 Å². The molecule has 0 spiro atoms. The van der Waals surface area contributed by atoms with Crippen molar-refractivity contribution in [3.8, 4) is 0 Å². The summed E-state index contributed by atoms with van der Waals surface area (Å²) in [6, 6.07) is 8.68. The molecule has 4 heteroatoms. The average Bonchev–Trinajstić information content (AvgIpc) is 2.48. The van der Waals surface area contributed by atoms with Crippen molar-refractivity contribution in [3.63, 3.8) is 0 Å². The molecule has 3 nitrogen and oxygen atoms in total. The number of aromatic nitrogens is 2. The van der Waals surface area contributed by atoms with E-state index in [1.165, 1.54) is 25.7 Å². The van der Waals surface area contributed by atoms with E-state index in [0.29, 0.717) is 6.04 Å². The monoisotopic (exact) mass is 319 g/mol. The average molecular weight is 320 g/mol. The molecule has 19 heavy (non-hydrogen) atoms. The van der Waals surface area contributed by atoms with Crippen LogP contribution in [-0.2, 0) is 0 Å². The molecule has 1 aliphatic rings. The smallest absolute Gasteiger partial charge is 0.148 e. The molecule has 1 aromatic heterocycles. The van der Waals surface area contributed by atoms with Crippen LogP contribution in [0.3, 0.4) is 0 Å². The number of piperidine rings is 1. The Bertz CT molecular complexity index is 556. The zero-order chi connectivity index (χ0) is 13.1. The van der Waals surface area contributed by atoms with Crippen LogP contribution in [0, 0.1) is 0 Å². The summed E-state index contributed by atoms with van der Waals surface area (Å²) in [4.78, 5) is 11.7. The van der Waals surface area contributed by atoms with Crippen molar-refractivity contribution < 1.29 is 0 Å². The van der Waals surface area contributed by atoms with Crippen LogP contribution in [-0.4, -0.2) is 27.9 Å². The minimum Gasteiger partial charge on any atom is -0.352 e. The molecule has 0 radical (unpaired) electrons. The Morgan fingerprint density at radius 1 is 1.21 bits per heavy atom. The predicted octanol–water partition coefficient (Wildman–Crippen LogP) is 3.77. The first-order valence-electron chi connectivity index (χ1n) is 6.93. The highest BCUT2D eigenvalue weighted by atomic mass is 79.9. The van der Waals surface area contributed by atoms with E-state index >= 15 is 0 Å². The van der Waals surface area contributed by atoms with Gasteiger partial charge in [0, 0.05) is 17.9 Å². The summed E-state index contributed by atoms with van der Waals surface area (Å²) in [5.41, 5.74) is 1.96. The summed E-state index contributed by atoms with van der Waals surface area (Å²) in [5, 5.41) is 1.05. The second kappa shape index (κ2) is 5.87. The van der Waals surface area contributed by atoms with E-state index in [9.17, 15) is 0 Å². The maximum Gasteiger partial charge on any atom is 0.148 e. The topological polar surface area (TPSA) is 29.0 Å². The van der Waals surface area contributed by atoms with E-state index in [4.69, 9.17) is 4.98 Å². The van der Waals surface area contributed by atoms with Gasteiger partial charge in [0.15, 0.2) is 0 Å². The van der Waals surface area contributed by atoms with Gasteiger partial charge in [0.05, 0.1) is 17.2 Å². The van der Waals surface area contributed by atoms with Gasteiger partial charge in [0.2, 0.25) is 0 Å². The van der Waals surface area contributed by atoms with Crippen molar-refractivity contribution in [3.05, 3.63) is 30.5 Å². The van der Waals surface area contributed by atoms with Crippen molar-refractivity contribution in [1.82, 2.24) is 9.97 Å². The molecule has 1 aliphatic heterocycles. The van der Waals surface area contributed by atoms with Gasteiger partial charge in [-0.15, -0.1) is 0 Å². The summed E-state index contributed by atoms with van der Waals surface area (Å²) in [6.45, 7) is 1.10. The third-order valence-electron chi connectivity index (χ3n) is 3.80. The summed E-state index contributed by atoms with van der Waals surface area (Å²) < 4.78 is 0. The predicted molar refractivity (Wildman–Crippen MR) is 82.9 cm³/mol.